The van der Waals surface area contributed by atoms with E-state index in [1.54, 1.807) is 0 Å². The summed E-state index contributed by atoms with van der Waals surface area (Å²) in [7, 11) is 0. The van der Waals surface area contributed by atoms with Gasteiger partial charge in [0.15, 0.2) is 11.6 Å². The predicted molar refractivity (Wildman–Crippen MR) is 65.0 cm³/mol. The molecule has 2 aromatic carbocycles. The lowest BCUT2D eigenvalue weighted by atomic mass is 10.0. The average Bonchev–Trinajstić information content (AvgIpc) is 2.32. The van der Waals surface area contributed by atoms with E-state index in [0.29, 0.717) is 12.1 Å². The molecule has 1 atom stereocenters. The third-order valence-corrected chi connectivity index (χ3v) is 3.13. The van der Waals surface area contributed by atoms with Gasteiger partial charge in [-0.3, -0.25) is 0 Å². The van der Waals surface area contributed by atoms with E-state index < -0.39 is 40.0 Å². The summed E-state index contributed by atoms with van der Waals surface area (Å²) in [5.41, 5.74) is -0.232. The van der Waals surface area contributed by atoms with Crippen LogP contribution in [0.25, 0.3) is 0 Å². The Kier molecular flexibility index (Phi) is 4.28. The maximum absolute atomic E-state index is 13.5. The molecule has 0 nitrogen and oxygen atoms in total. The molecule has 0 aliphatic rings. The summed E-state index contributed by atoms with van der Waals surface area (Å²) < 4.78 is 65.6. The van der Waals surface area contributed by atoms with Crippen LogP contribution in [0.2, 0.25) is 0 Å². The van der Waals surface area contributed by atoms with Crippen molar-refractivity contribution in [2.75, 3.05) is 0 Å². The van der Waals surface area contributed by atoms with Crippen molar-refractivity contribution in [2.24, 2.45) is 0 Å². The molecule has 2 rings (SSSR count). The van der Waals surface area contributed by atoms with Crippen molar-refractivity contribution in [3.05, 3.63) is 70.5 Å². The molecule has 106 valence electrons. The maximum atomic E-state index is 13.5. The smallest absolute Gasteiger partial charge is 0.159 e. The fourth-order valence-electron chi connectivity index (χ4n) is 1.83. The first kappa shape index (κ1) is 14.8. The van der Waals surface area contributed by atoms with Gasteiger partial charge in [0.2, 0.25) is 0 Å². The van der Waals surface area contributed by atoms with Crippen LogP contribution in [0.3, 0.4) is 0 Å². The van der Waals surface area contributed by atoms with Gasteiger partial charge in [-0.05, 0) is 24.1 Å². The van der Waals surface area contributed by atoms with Crippen molar-refractivity contribution < 1.29 is 22.0 Å². The van der Waals surface area contributed by atoms with E-state index in [0.717, 1.165) is 12.1 Å². The van der Waals surface area contributed by atoms with Crippen molar-refractivity contribution in [3.8, 4) is 0 Å². The first-order valence-electron chi connectivity index (χ1n) is 5.61. The fraction of sp³-hybridized carbons (Fsp3) is 0.143. The summed E-state index contributed by atoms with van der Waals surface area (Å²) in [6.07, 6.45) is -0.127. The van der Waals surface area contributed by atoms with E-state index in [1.807, 2.05) is 0 Å². The number of halogens is 6. The van der Waals surface area contributed by atoms with Gasteiger partial charge in [-0.15, -0.1) is 11.6 Å². The Bertz CT molecular complexity index is 618. The molecule has 0 aliphatic heterocycles. The summed E-state index contributed by atoms with van der Waals surface area (Å²) in [5.74, 6) is -5.40. The molecule has 0 aromatic heterocycles. The summed E-state index contributed by atoms with van der Waals surface area (Å²) in [6, 6.07) is 4.07. The van der Waals surface area contributed by atoms with Gasteiger partial charge >= 0.3 is 0 Å². The molecule has 0 saturated carbocycles. The van der Waals surface area contributed by atoms with Crippen LogP contribution in [-0.2, 0) is 6.42 Å². The Balaban J connectivity index is 2.28. The summed E-state index contributed by atoms with van der Waals surface area (Å²) >= 11 is 5.88. The lowest BCUT2D eigenvalue weighted by Gasteiger charge is -2.12. The minimum atomic E-state index is -1.17. The first-order valence-corrected chi connectivity index (χ1v) is 6.04. The second kappa shape index (κ2) is 5.79. The molecular formula is C14H8ClF5. The number of hydrogen-bond donors (Lipinski definition) is 0. The summed E-state index contributed by atoms with van der Waals surface area (Å²) in [5, 5.41) is -1.17. The molecule has 2 aromatic rings. The molecule has 0 N–H and O–H groups in total. The molecule has 0 saturated heterocycles. The maximum Gasteiger partial charge on any atom is 0.159 e. The van der Waals surface area contributed by atoms with Gasteiger partial charge in [-0.2, -0.15) is 0 Å². The number of rotatable bonds is 3. The van der Waals surface area contributed by atoms with Gasteiger partial charge in [0.25, 0.3) is 0 Å². The monoisotopic (exact) mass is 306 g/mol. The van der Waals surface area contributed by atoms with Crippen LogP contribution in [-0.4, -0.2) is 0 Å². The van der Waals surface area contributed by atoms with E-state index in [2.05, 4.69) is 0 Å². The average molecular weight is 307 g/mol. The zero-order valence-corrected chi connectivity index (χ0v) is 10.7. The number of hydrogen-bond acceptors (Lipinski definition) is 0. The molecular weight excluding hydrogens is 299 g/mol. The van der Waals surface area contributed by atoms with Gasteiger partial charge in [-0.1, -0.05) is 6.07 Å². The van der Waals surface area contributed by atoms with Gasteiger partial charge in [0.1, 0.15) is 17.5 Å². The Morgan fingerprint density at radius 2 is 1.40 bits per heavy atom. The molecule has 0 bridgehead atoms. The van der Waals surface area contributed by atoms with Gasteiger partial charge in [-0.25, -0.2) is 22.0 Å². The highest BCUT2D eigenvalue weighted by Gasteiger charge is 2.20. The molecule has 0 fully saturated rings. The zero-order chi connectivity index (χ0) is 14.9. The van der Waals surface area contributed by atoms with E-state index in [1.165, 1.54) is 6.07 Å². The minimum absolute atomic E-state index is 0.127. The highest BCUT2D eigenvalue weighted by molar-refractivity contribution is 6.21. The first-order chi connectivity index (χ1) is 9.38. The largest absolute Gasteiger partial charge is 0.207 e. The predicted octanol–water partition coefficient (Wildman–Crippen LogP) is 4.90. The normalized spacial score (nSPS) is 12.5. The van der Waals surface area contributed by atoms with Gasteiger partial charge in [0.05, 0.1) is 5.38 Å². The Morgan fingerprint density at radius 3 is 1.95 bits per heavy atom. The molecule has 0 radical (unpaired) electrons. The third kappa shape index (κ3) is 3.10. The number of alkyl halides is 1. The molecule has 20 heavy (non-hydrogen) atoms. The molecule has 0 heterocycles. The molecule has 1 unspecified atom stereocenters. The topological polar surface area (TPSA) is 0 Å². The van der Waals surface area contributed by atoms with E-state index in [9.17, 15) is 22.0 Å². The van der Waals surface area contributed by atoms with Crippen LogP contribution in [0.4, 0.5) is 22.0 Å². The highest BCUT2D eigenvalue weighted by atomic mass is 35.5. The quantitative estimate of drug-likeness (QED) is 0.558. The van der Waals surface area contributed by atoms with Crippen molar-refractivity contribution in [3.63, 3.8) is 0 Å². The SMILES string of the molecule is Fc1cc(F)c(C(Cl)Cc2ccc(F)c(F)c2)c(F)c1. The van der Waals surface area contributed by atoms with Crippen LogP contribution < -0.4 is 0 Å². The summed E-state index contributed by atoms with van der Waals surface area (Å²) in [6.45, 7) is 0. The molecule has 0 aliphatic carbocycles. The standard InChI is InChI=1S/C14H8ClF5/c15-9(3-7-1-2-10(17)11(18)4-7)14-12(19)5-8(16)6-13(14)20/h1-2,4-6,9H,3H2. The van der Waals surface area contributed by atoms with Crippen LogP contribution in [0.5, 0.6) is 0 Å². The van der Waals surface area contributed by atoms with Crippen LogP contribution in [0, 0.1) is 29.1 Å². The second-order valence-corrected chi connectivity index (χ2v) is 4.73. The van der Waals surface area contributed by atoms with Crippen molar-refractivity contribution >= 4 is 11.6 Å². The lowest BCUT2D eigenvalue weighted by Crippen LogP contribution is -2.04. The fourth-order valence-corrected chi connectivity index (χ4v) is 2.21. The van der Waals surface area contributed by atoms with Crippen molar-refractivity contribution in [2.45, 2.75) is 11.8 Å². The van der Waals surface area contributed by atoms with Crippen LogP contribution >= 0.6 is 11.6 Å². The Labute approximate surface area is 116 Å². The van der Waals surface area contributed by atoms with Crippen molar-refractivity contribution in [1.29, 1.82) is 0 Å². The van der Waals surface area contributed by atoms with E-state index in [-0.39, 0.29) is 12.0 Å². The van der Waals surface area contributed by atoms with Gasteiger partial charge < -0.3 is 0 Å². The van der Waals surface area contributed by atoms with Gasteiger partial charge in [0, 0.05) is 17.7 Å². The minimum Gasteiger partial charge on any atom is -0.207 e. The number of benzene rings is 2. The van der Waals surface area contributed by atoms with E-state index in [4.69, 9.17) is 11.6 Å². The van der Waals surface area contributed by atoms with E-state index >= 15 is 0 Å². The second-order valence-electron chi connectivity index (χ2n) is 4.20. The third-order valence-electron chi connectivity index (χ3n) is 2.76. The molecule has 0 spiro atoms. The Morgan fingerprint density at radius 1 is 0.800 bits per heavy atom. The zero-order valence-electron chi connectivity index (χ0n) is 9.94. The lowest BCUT2D eigenvalue weighted by molar-refractivity contribution is 0.505. The molecule has 0 amide bonds. The molecule has 6 heteroatoms. The highest BCUT2D eigenvalue weighted by Crippen LogP contribution is 2.30. The Hall–Kier alpha value is -1.62. The van der Waals surface area contributed by atoms with Crippen LogP contribution in [0.1, 0.15) is 16.5 Å². The van der Waals surface area contributed by atoms with Crippen molar-refractivity contribution in [1.82, 2.24) is 0 Å². The van der Waals surface area contributed by atoms with Crippen LogP contribution in [0.15, 0.2) is 30.3 Å². The summed E-state index contributed by atoms with van der Waals surface area (Å²) in [4.78, 5) is 0.